The second-order valence-corrected chi connectivity index (χ2v) is 4.90. The topological polar surface area (TPSA) is 29.5 Å². The number of phenolic OH excluding ortho intramolecular Hbond substituents is 1. The first kappa shape index (κ1) is 16.0. The van der Waals surface area contributed by atoms with Gasteiger partial charge in [0.2, 0.25) is 17.4 Å². The number of phenols is 1. The summed E-state index contributed by atoms with van der Waals surface area (Å²) in [5, 5.41) is 8.26. The van der Waals surface area contributed by atoms with Gasteiger partial charge in [-0.3, -0.25) is 0 Å². The van der Waals surface area contributed by atoms with Gasteiger partial charge in [0.1, 0.15) is 15.8 Å². The van der Waals surface area contributed by atoms with Gasteiger partial charge < -0.3 is 9.84 Å². The monoisotopic (exact) mass is 360 g/mol. The molecule has 0 bridgehead atoms. The van der Waals surface area contributed by atoms with Crippen molar-refractivity contribution in [1.29, 1.82) is 0 Å². The van der Waals surface area contributed by atoms with Crippen LogP contribution >= 0.6 is 34.8 Å². The molecule has 0 saturated heterocycles. The molecule has 0 atom stereocenters. The summed E-state index contributed by atoms with van der Waals surface area (Å²) in [7, 11) is 0. The smallest absolute Gasteiger partial charge is 0.204 e. The summed E-state index contributed by atoms with van der Waals surface area (Å²) in [4.78, 5) is 0. The van der Waals surface area contributed by atoms with Gasteiger partial charge in [0.25, 0.3) is 0 Å². The normalized spacial score (nSPS) is 10.8. The average Bonchev–Trinajstić information content (AvgIpc) is 2.42. The third kappa shape index (κ3) is 2.84. The molecule has 0 aliphatic heterocycles. The van der Waals surface area contributed by atoms with E-state index in [1.54, 1.807) is 0 Å². The quantitative estimate of drug-likeness (QED) is 0.549. The lowest BCUT2D eigenvalue weighted by atomic mass is 10.2. The van der Waals surface area contributed by atoms with E-state index in [2.05, 4.69) is 4.74 Å². The third-order valence-electron chi connectivity index (χ3n) is 2.37. The number of benzene rings is 2. The van der Waals surface area contributed by atoms with Crippen LogP contribution in [0.25, 0.3) is 0 Å². The summed E-state index contributed by atoms with van der Waals surface area (Å²) >= 11 is 17.0. The molecular formula is C12H3Cl3F4O2. The second kappa shape index (κ2) is 5.79. The van der Waals surface area contributed by atoms with Crippen molar-refractivity contribution in [3.05, 3.63) is 50.5 Å². The standard InChI is InChI=1S/C12H3Cl3F4O2/c13-3-1-6(20)8(15)11(7(3)14)21-12-9(18)4(16)2-5(17)10(12)19/h1-2,20H. The highest BCUT2D eigenvalue weighted by atomic mass is 35.5. The molecule has 0 spiro atoms. The lowest BCUT2D eigenvalue weighted by Crippen LogP contribution is -2.00. The van der Waals surface area contributed by atoms with E-state index in [0.29, 0.717) is 0 Å². The molecule has 0 radical (unpaired) electrons. The fraction of sp³-hybridized carbons (Fsp3) is 0. The van der Waals surface area contributed by atoms with Crippen LogP contribution in [-0.2, 0) is 0 Å². The van der Waals surface area contributed by atoms with Gasteiger partial charge in [-0.05, 0) is 0 Å². The van der Waals surface area contributed by atoms with Crippen LogP contribution in [0.15, 0.2) is 12.1 Å². The Labute approximate surface area is 130 Å². The highest BCUT2D eigenvalue weighted by molar-refractivity contribution is 6.45. The maximum absolute atomic E-state index is 13.5. The Bertz CT molecular complexity index is 623. The fourth-order valence-electron chi connectivity index (χ4n) is 1.40. The Hall–Kier alpha value is -1.37. The summed E-state index contributed by atoms with van der Waals surface area (Å²) in [5.74, 6) is -9.59. The van der Waals surface area contributed by atoms with Crippen molar-refractivity contribution >= 4 is 34.8 Å². The van der Waals surface area contributed by atoms with Gasteiger partial charge >= 0.3 is 0 Å². The van der Waals surface area contributed by atoms with Crippen molar-refractivity contribution in [2.24, 2.45) is 0 Å². The number of aromatic hydroxyl groups is 1. The van der Waals surface area contributed by atoms with Gasteiger partial charge in [-0.2, -0.15) is 8.78 Å². The van der Waals surface area contributed by atoms with Gasteiger partial charge in [0.05, 0.1) is 5.02 Å². The number of ether oxygens (including phenoxy) is 1. The Balaban J connectivity index is 2.64. The van der Waals surface area contributed by atoms with E-state index in [0.717, 1.165) is 6.07 Å². The van der Waals surface area contributed by atoms with Crippen molar-refractivity contribution in [2.45, 2.75) is 0 Å². The van der Waals surface area contributed by atoms with E-state index in [-0.39, 0.29) is 11.1 Å². The molecule has 0 fully saturated rings. The van der Waals surface area contributed by atoms with Crippen LogP contribution in [0.4, 0.5) is 17.6 Å². The first-order chi connectivity index (χ1) is 9.73. The molecule has 0 heterocycles. The lowest BCUT2D eigenvalue weighted by molar-refractivity contribution is 0.364. The van der Waals surface area contributed by atoms with Gasteiger partial charge in [-0.25, -0.2) is 8.78 Å². The maximum Gasteiger partial charge on any atom is 0.204 e. The lowest BCUT2D eigenvalue weighted by Gasteiger charge is -2.13. The van der Waals surface area contributed by atoms with E-state index in [1.165, 1.54) is 0 Å². The van der Waals surface area contributed by atoms with Crippen LogP contribution in [0, 0.1) is 23.3 Å². The first-order valence-corrected chi connectivity index (χ1v) is 6.24. The van der Waals surface area contributed by atoms with E-state index < -0.39 is 50.6 Å². The van der Waals surface area contributed by atoms with Crippen molar-refractivity contribution < 1.29 is 27.4 Å². The third-order valence-corrected chi connectivity index (χ3v) is 3.51. The molecular weight excluding hydrogens is 358 g/mol. The van der Waals surface area contributed by atoms with E-state index in [1.807, 2.05) is 0 Å². The minimum atomic E-state index is -1.79. The number of rotatable bonds is 2. The molecule has 0 aliphatic rings. The maximum atomic E-state index is 13.5. The average molecular weight is 362 g/mol. The van der Waals surface area contributed by atoms with E-state index >= 15 is 0 Å². The van der Waals surface area contributed by atoms with Gasteiger partial charge in [-0.15, -0.1) is 0 Å². The molecule has 0 saturated carbocycles. The molecule has 0 aliphatic carbocycles. The number of hydrogen-bond acceptors (Lipinski definition) is 2. The Morgan fingerprint density at radius 3 is 1.86 bits per heavy atom. The van der Waals surface area contributed by atoms with Crippen molar-refractivity contribution in [3.63, 3.8) is 0 Å². The van der Waals surface area contributed by atoms with Crippen molar-refractivity contribution in [2.75, 3.05) is 0 Å². The Kier molecular flexibility index (Phi) is 4.41. The van der Waals surface area contributed by atoms with Crippen LogP contribution in [0.3, 0.4) is 0 Å². The molecule has 2 aromatic carbocycles. The molecule has 2 nitrogen and oxygen atoms in total. The SMILES string of the molecule is Oc1cc(Cl)c(Cl)c(Oc2c(F)c(F)cc(F)c2F)c1Cl. The summed E-state index contributed by atoms with van der Waals surface area (Å²) in [6.45, 7) is 0. The number of halogens is 7. The zero-order valence-electron chi connectivity index (χ0n) is 9.66. The largest absolute Gasteiger partial charge is 0.506 e. The second-order valence-electron chi connectivity index (χ2n) is 3.73. The Morgan fingerprint density at radius 1 is 0.810 bits per heavy atom. The van der Waals surface area contributed by atoms with E-state index in [9.17, 15) is 22.7 Å². The molecule has 0 unspecified atom stereocenters. The molecule has 21 heavy (non-hydrogen) atoms. The molecule has 0 aromatic heterocycles. The van der Waals surface area contributed by atoms with Gasteiger partial charge in [0.15, 0.2) is 17.4 Å². The first-order valence-electron chi connectivity index (χ1n) is 5.11. The van der Waals surface area contributed by atoms with Crippen LogP contribution in [0.2, 0.25) is 15.1 Å². The van der Waals surface area contributed by atoms with E-state index in [4.69, 9.17) is 34.8 Å². The van der Waals surface area contributed by atoms with Crippen LogP contribution in [-0.4, -0.2) is 5.11 Å². The van der Waals surface area contributed by atoms with Crippen LogP contribution in [0.1, 0.15) is 0 Å². The molecule has 2 aromatic rings. The van der Waals surface area contributed by atoms with Crippen molar-refractivity contribution in [3.8, 4) is 17.2 Å². The predicted molar refractivity (Wildman–Crippen MR) is 69.5 cm³/mol. The summed E-state index contributed by atoms with van der Waals surface area (Å²) < 4.78 is 57.9. The molecule has 9 heteroatoms. The predicted octanol–water partition coefficient (Wildman–Crippen LogP) is 5.70. The Morgan fingerprint density at radius 2 is 1.33 bits per heavy atom. The molecule has 2 rings (SSSR count). The summed E-state index contributed by atoms with van der Waals surface area (Å²) in [5.41, 5.74) is 0. The highest BCUT2D eigenvalue weighted by Gasteiger charge is 2.24. The summed E-state index contributed by atoms with van der Waals surface area (Å²) in [6, 6.07) is 0.966. The summed E-state index contributed by atoms with van der Waals surface area (Å²) in [6.07, 6.45) is 0. The van der Waals surface area contributed by atoms with Crippen molar-refractivity contribution in [1.82, 2.24) is 0 Å². The minimum absolute atomic E-state index is 0.0101. The molecule has 112 valence electrons. The number of hydrogen-bond donors (Lipinski definition) is 1. The molecule has 1 N–H and O–H groups in total. The highest BCUT2D eigenvalue weighted by Crippen LogP contribution is 2.46. The van der Waals surface area contributed by atoms with Gasteiger partial charge in [-0.1, -0.05) is 34.8 Å². The molecule has 0 amide bonds. The zero-order chi connectivity index (χ0) is 15.9. The fourth-order valence-corrected chi connectivity index (χ4v) is 2.01. The van der Waals surface area contributed by atoms with Crippen LogP contribution < -0.4 is 4.74 Å². The van der Waals surface area contributed by atoms with Gasteiger partial charge in [0, 0.05) is 12.1 Å². The minimum Gasteiger partial charge on any atom is -0.506 e. The zero-order valence-corrected chi connectivity index (χ0v) is 11.9. The van der Waals surface area contributed by atoms with Crippen LogP contribution in [0.5, 0.6) is 17.2 Å².